The molecule has 130 valence electrons. The second kappa shape index (κ2) is 7.73. The van der Waals surface area contributed by atoms with Gasteiger partial charge in [0.1, 0.15) is 11.4 Å². The molecular weight excluding hydrogens is 290 g/mol. The number of Topliss-reactive ketones (excluding diaryl/α,β-unsaturated/α-hetero) is 1. The van der Waals surface area contributed by atoms with Crippen LogP contribution in [0.2, 0.25) is 0 Å². The van der Waals surface area contributed by atoms with Crippen LogP contribution < -0.4 is 5.32 Å². The van der Waals surface area contributed by atoms with Gasteiger partial charge in [0, 0.05) is 19.1 Å². The predicted octanol–water partition coefficient (Wildman–Crippen LogP) is 3.03. The minimum atomic E-state index is -0.0410. The zero-order chi connectivity index (χ0) is 17.0. The highest BCUT2D eigenvalue weighted by Crippen LogP contribution is 2.50. The summed E-state index contributed by atoms with van der Waals surface area (Å²) in [6, 6.07) is 0.204. The molecular formula is C19H31NO3. The molecule has 2 rings (SSSR count). The van der Waals surface area contributed by atoms with Crippen molar-refractivity contribution in [2.45, 2.75) is 64.7 Å². The van der Waals surface area contributed by atoms with Crippen LogP contribution in [0.3, 0.4) is 0 Å². The van der Waals surface area contributed by atoms with Crippen molar-refractivity contribution in [3.63, 3.8) is 0 Å². The van der Waals surface area contributed by atoms with Gasteiger partial charge in [0.25, 0.3) is 0 Å². The van der Waals surface area contributed by atoms with E-state index in [1.807, 2.05) is 0 Å². The van der Waals surface area contributed by atoms with Crippen LogP contribution in [0.4, 0.5) is 0 Å². The van der Waals surface area contributed by atoms with Crippen LogP contribution in [0.5, 0.6) is 0 Å². The molecule has 1 aliphatic heterocycles. The lowest BCUT2D eigenvalue weighted by Crippen LogP contribution is -2.55. The van der Waals surface area contributed by atoms with Crippen molar-refractivity contribution in [1.29, 1.82) is 0 Å². The number of hydrogen-bond acceptors (Lipinski definition) is 4. The smallest absolute Gasteiger partial charge is 0.143 e. The summed E-state index contributed by atoms with van der Waals surface area (Å²) in [5.41, 5.74) is 2.63. The third kappa shape index (κ3) is 4.52. The van der Waals surface area contributed by atoms with Crippen LogP contribution in [0.15, 0.2) is 23.3 Å². The minimum Gasteiger partial charge on any atom is -0.379 e. The summed E-state index contributed by atoms with van der Waals surface area (Å²) < 4.78 is 11.7. The molecule has 0 radical (unpaired) electrons. The fourth-order valence-electron chi connectivity index (χ4n) is 3.74. The molecule has 4 nitrogen and oxygen atoms in total. The van der Waals surface area contributed by atoms with Gasteiger partial charge in [-0.25, -0.2) is 0 Å². The molecule has 1 N–H and O–H groups in total. The Balaban J connectivity index is 2.14. The number of carbonyl (C=O) groups is 1. The molecule has 2 fully saturated rings. The molecule has 4 heteroatoms. The van der Waals surface area contributed by atoms with E-state index in [1.165, 1.54) is 11.1 Å². The second-order valence-corrected chi connectivity index (χ2v) is 7.22. The SMILES string of the molecule is CO[C@@H]1C(NCC(C)=O)CC[C@]2(CO2)[C@H]1/C(C)=C/CC=C(C)C. The third-order valence-corrected chi connectivity index (χ3v) is 5.03. The molecule has 23 heavy (non-hydrogen) atoms. The van der Waals surface area contributed by atoms with E-state index in [0.29, 0.717) is 6.54 Å². The first kappa shape index (κ1) is 18.4. The van der Waals surface area contributed by atoms with Crippen LogP contribution >= 0.6 is 0 Å². The Hall–Kier alpha value is -0.970. The number of ketones is 1. The van der Waals surface area contributed by atoms with E-state index >= 15 is 0 Å². The highest BCUT2D eigenvalue weighted by molar-refractivity contribution is 5.77. The van der Waals surface area contributed by atoms with E-state index in [9.17, 15) is 4.79 Å². The number of hydrogen-bond donors (Lipinski definition) is 1. The monoisotopic (exact) mass is 321 g/mol. The fraction of sp³-hybridized carbons (Fsp3) is 0.737. The van der Waals surface area contributed by atoms with Crippen molar-refractivity contribution in [2.24, 2.45) is 5.92 Å². The normalized spacial score (nSPS) is 33.6. The quantitative estimate of drug-likeness (QED) is 0.578. The van der Waals surface area contributed by atoms with Crippen molar-refractivity contribution < 1.29 is 14.3 Å². The Labute approximate surface area is 140 Å². The summed E-state index contributed by atoms with van der Waals surface area (Å²) in [5, 5.41) is 3.38. The van der Waals surface area contributed by atoms with E-state index < -0.39 is 0 Å². The number of nitrogens with one attached hydrogen (secondary N) is 1. The zero-order valence-corrected chi connectivity index (χ0v) is 15.1. The number of methoxy groups -OCH3 is 1. The summed E-state index contributed by atoms with van der Waals surface area (Å²) in [4.78, 5) is 11.3. The van der Waals surface area contributed by atoms with Crippen LogP contribution in [-0.2, 0) is 14.3 Å². The Bertz CT molecular complexity index is 487. The molecule has 2 aliphatic rings. The summed E-state index contributed by atoms with van der Waals surface area (Å²) in [5.74, 6) is 0.423. The molecule has 1 spiro atoms. The number of rotatable bonds is 7. The third-order valence-electron chi connectivity index (χ3n) is 5.03. The van der Waals surface area contributed by atoms with Gasteiger partial charge in [0.2, 0.25) is 0 Å². The summed E-state index contributed by atoms with van der Waals surface area (Å²) in [7, 11) is 1.77. The highest BCUT2D eigenvalue weighted by atomic mass is 16.6. The summed E-state index contributed by atoms with van der Waals surface area (Å²) in [6.45, 7) is 9.28. The van der Waals surface area contributed by atoms with Gasteiger partial charge in [0.05, 0.1) is 19.3 Å². The van der Waals surface area contributed by atoms with E-state index in [-0.39, 0.29) is 29.4 Å². The fourth-order valence-corrected chi connectivity index (χ4v) is 3.74. The molecule has 0 aromatic rings. The van der Waals surface area contributed by atoms with Crippen molar-refractivity contribution in [2.75, 3.05) is 20.3 Å². The van der Waals surface area contributed by atoms with Gasteiger partial charge in [-0.3, -0.25) is 4.79 Å². The first-order valence-corrected chi connectivity index (χ1v) is 8.59. The van der Waals surface area contributed by atoms with Gasteiger partial charge in [0.15, 0.2) is 0 Å². The largest absolute Gasteiger partial charge is 0.379 e. The average Bonchev–Trinajstić information content (AvgIpc) is 3.24. The van der Waals surface area contributed by atoms with E-state index in [4.69, 9.17) is 9.47 Å². The molecule has 0 amide bonds. The Morgan fingerprint density at radius 1 is 1.30 bits per heavy atom. The molecule has 0 aromatic heterocycles. The van der Waals surface area contributed by atoms with Gasteiger partial charge in [-0.15, -0.1) is 0 Å². The lowest BCUT2D eigenvalue weighted by molar-refractivity contribution is -0.116. The molecule has 0 aromatic carbocycles. The first-order chi connectivity index (χ1) is 10.9. The lowest BCUT2D eigenvalue weighted by Gasteiger charge is -2.42. The van der Waals surface area contributed by atoms with Gasteiger partial charge in [-0.05, 0) is 47.0 Å². The van der Waals surface area contributed by atoms with E-state index in [0.717, 1.165) is 25.9 Å². The van der Waals surface area contributed by atoms with Gasteiger partial charge in [-0.1, -0.05) is 23.3 Å². The predicted molar refractivity (Wildman–Crippen MR) is 92.5 cm³/mol. The second-order valence-electron chi connectivity index (χ2n) is 7.22. The van der Waals surface area contributed by atoms with Crippen molar-refractivity contribution in [1.82, 2.24) is 5.32 Å². The maximum absolute atomic E-state index is 11.3. The minimum absolute atomic E-state index is 0.0410. The maximum Gasteiger partial charge on any atom is 0.143 e. The average molecular weight is 321 g/mol. The lowest BCUT2D eigenvalue weighted by atomic mass is 9.71. The number of ether oxygens (including phenoxy) is 2. The van der Waals surface area contributed by atoms with E-state index in [1.54, 1.807) is 14.0 Å². The van der Waals surface area contributed by atoms with Crippen LogP contribution in [0, 0.1) is 5.92 Å². The maximum atomic E-state index is 11.3. The van der Waals surface area contributed by atoms with Crippen molar-refractivity contribution in [3.05, 3.63) is 23.3 Å². The molecule has 1 saturated carbocycles. The molecule has 1 aliphatic carbocycles. The Kier molecular flexibility index (Phi) is 6.18. The van der Waals surface area contributed by atoms with Gasteiger partial charge < -0.3 is 14.8 Å². The number of epoxide rings is 1. The number of carbonyl (C=O) groups excluding carboxylic acids is 1. The van der Waals surface area contributed by atoms with Gasteiger partial charge >= 0.3 is 0 Å². The standard InChI is InChI=1S/C19H31NO3/c1-13(2)7-6-8-14(3)17-18(22-5)16(20-11-15(4)21)9-10-19(17)12-23-19/h7-8,16-18,20H,6,9-12H2,1-5H3/b14-8+/t16?,17-,18+,19-/m0/s1. The Morgan fingerprint density at radius 3 is 2.52 bits per heavy atom. The zero-order valence-electron chi connectivity index (χ0n) is 15.1. The molecule has 1 heterocycles. The van der Waals surface area contributed by atoms with Crippen LogP contribution in [0.25, 0.3) is 0 Å². The topological polar surface area (TPSA) is 50.9 Å². The van der Waals surface area contributed by atoms with Crippen LogP contribution in [0.1, 0.15) is 47.0 Å². The molecule has 0 bridgehead atoms. The Morgan fingerprint density at radius 2 is 2.00 bits per heavy atom. The molecule has 1 unspecified atom stereocenters. The van der Waals surface area contributed by atoms with E-state index in [2.05, 4.69) is 38.2 Å². The summed E-state index contributed by atoms with van der Waals surface area (Å²) >= 11 is 0. The summed E-state index contributed by atoms with van der Waals surface area (Å²) in [6.07, 6.45) is 7.54. The van der Waals surface area contributed by atoms with Crippen LogP contribution in [-0.4, -0.2) is 43.8 Å². The molecule has 4 atom stereocenters. The number of allylic oxidation sites excluding steroid dienone is 3. The van der Waals surface area contributed by atoms with Crippen molar-refractivity contribution in [3.8, 4) is 0 Å². The molecule has 1 saturated heterocycles. The first-order valence-electron chi connectivity index (χ1n) is 8.59. The van der Waals surface area contributed by atoms with Crippen molar-refractivity contribution >= 4 is 5.78 Å². The highest BCUT2D eigenvalue weighted by Gasteiger charge is 2.58. The van der Waals surface area contributed by atoms with Gasteiger partial charge in [-0.2, -0.15) is 0 Å².